The molecule has 0 N–H and O–H groups in total. The van der Waals surface area contributed by atoms with E-state index in [4.69, 9.17) is 0 Å². The van der Waals surface area contributed by atoms with Crippen molar-refractivity contribution in [3.05, 3.63) is 34.9 Å². The van der Waals surface area contributed by atoms with Crippen LogP contribution in [0.5, 0.6) is 0 Å². The van der Waals surface area contributed by atoms with Crippen LogP contribution in [-0.2, 0) is 12.8 Å². The third-order valence-electron chi connectivity index (χ3n) is 4.53. The van der Waals surface area contributed by atoms with Crippen LogP contribution in [0.25, 0.3) is 0 Å². The number of nitrogens with zero attached hydrogens (tertiary/aromatic N) is 1. The fourth-order valence-electron chi connectivity index (χ4n) is 3.46. The van der Waals surface area contributed by atoms with Crippen LogP contribution >= 0.6 is 0 Å². The molecule has 2 aliphatic rings. The molecule has 1 aromatic carbocycles. The number of likely N-dealkylation sites (tertiary alicyclic amines) is 1. The minimum absolute atomic E-state index is 0.585. The number of hydrogen-bond donors (Lipinski definition) is 0. The van der Waals surface area contributed by atoms with Gasteiger partial charge in [-0.05, 0) is 50.2 Å². The summed E-state index contributed by atoms with van der Waals surface area (Å²) >= 11 is 0. The quantitative estimate of drug-likeness (QED) is 0.688. The Morgan fingerprint density at radius 1 is 1.11 bits per heavy atom. The van der Waals surface area contributed by atoms with Crippen LogP contribution in [0.3, 0.4) is 0 Å². The van der Waals surface area contributed by atoms with Crippen LogP contribution in [-0.4, -0.2) is 30.2 Å². The van der Waals surface area contributed by atoms with Crippen LogP contribution in [0.4, 0.5) is 4.39 Å². The van der Waals surface area contributed by atoms with Crippen LogP contribution in [0.1, 0.15) is 36.0 Å². The summed E-state index contributed by atoms with van der Waals surface area (Å²) < 4.78 is 13.3. The molecule has 2 atom stereocenters. The zero-order valence-electron chi connectivity index (χ0n) is 11.2. The number of rotatable bonds is 1. The molecule has 18 heavy (non-hydrogen) atoms. The van der Waals surface area contributed by atoms with E-state index in [-0.39, 0.29) is 0 Å². The lowest BCUT2D eigenvalue weighted by atomic mass is 10.0. The van der Waals surface area contributed by atoms with Crippen molar-refractivity contribution >= 4 is 0 Å². The minimum Gasteiger partial charge on any atom is -0.297 e. The smallest absolute Gasteiger partial charge is 0.114 e. The molecule has 0 radical (unpaired) electrons. The molecule has 0 aromatic heterocycles. The van der Waals surface area contributed by atoms with Gasteiger partial charge in [0.2, 0.25) is 0 Å². The van der Waals surface area contributed by atoms with Crippen molar-refractivity contribution < 1.29 is 4.39 Å². The highest BCUT2D eigenvalue weighted by molar-refractivity contribution is 5.32. The third kappa shape index (κ3) is 2.44. The molecular formula is C16H22FN. The minimum atomic E-state index is -0.585. The topological polar surface area (TPSA) is 3.24 Å². The van der Waals surface area contributed by atoms with E-state index in [1.807, 2.05) is 0 Å². The van der Waals surface area contributed by atoms with Crippen molar-refractivity contribution in [3.8, 4) is 0 Å². The first-order valence-electron chi connectivity index (χ1n) is 7.19. The van der Waals surface area contributed by atoms with Gasteiger partial charge < -0.3 is 0 Å². The van der Waals surface area contributed by atoms with Gasteiger partial charge in [-0.15, -0.1) is 0 Å². The van der Waals surface area contributed by atoms with Crippen molar-refractivity contribution in [1.29, 1.82) is 0 Å². The maximum absolute atomic E-state index is 13.3. The van der Waals surface area contributed by atoms with E-state index in [1.54, 1.807) is 0 Å². The molecular weight excluding hydrogens is 225 g/mol. The Hall–Kier alpha value is -0.890. The largest absolute Gasteiger partial charge is 0.297 e. The summed E-state index contributed by atoms with van der Waals surface area (Å²) in [6, 6.07) is 7.43. The van der Waals surface area contributed by atoms with E-state index in [0.717, 1.165) is 25.8 Å². The number of alkyl halides is 1. The summed E-state index contributed by atoms with van der Waals surface area (Å²) in [4.78, 5) is 2.38. The van der Waals surface area contributed by atoms with Crippen molar-refractivity contribution in [2.75, 3.05) is 13.1 Å². The molecule has 3 rings (SSSR count). The van der Waals surface area contributed by atoms with Crippen molar-refractivity contribution in [2.24, 2.45) is 0 Å². The lowest BCUT2D eigenvalue weighted by Crippen LogP contribution is -2.33. The van der Waals surface area contributed by atoms with Crippen LogP contribution in [0, 0.1) is 6.92 Å². The first kappa shape index (κ1) is 12.2. The maximum atomic E-state index is 13.3. The lowest BCUT2D eigenvalue weighted by Gasteiger charge is -2.25. The fourth-order valence-corrected chi connectivity index (χ4v) is 3.46. The molecule has 1 nitrogen and oxygen atoms in total. The molecule has 2 heteroatoms. The standard InChI is InChI=1S/C16H22FN/c1-12-2-3-13-4-6-16(7-5-14(13)10-12)18-9-8-15(17)11-18/h2-3,10,15-16H,4-9,11H2,1H3/t15-,16?/m0/s1. The van der Waals surface area contributed by atoms with Crippen molar-refractivity contribution in [1.82, 2.24) is 4.90 Å². The van der Waals surface area contributed by atoms with E-state index in [1.165, 1.54) is 29.5 Å². The third-order valence-corrected chi connectivity index (χ3v) is 4.53. The second-order valence-corrected chi connectivity index (χ2v) is 5.88. The summed E-state index contributed by atoms with van der Waals surface area (Å²) in [5.74, 6) is 0. The molecule has 0 saturated carbocycles. The van der Waals surface area contributed by atoms with Gasteiger partial charge in [-0.25, -0.2) is 4.39 Å². The molecule has 1 aliphatic carbocycles. The Morgan fingerprint density at radius 3 is 2.61 bits per heavy atom. The number of hydrogen-bond acceptors (Lipinski definition) is 1. The van der Waals surface area contributed by atoms with E-state index in [2.05, 4.69) is 30.0 Å². The van der Waals surface area contributed by atoms with Gasteiger partial charge in [-0.3, -0.25) is 4.90 Å². The average Bonchev–Trinajstić information content (AvgIpc) is 2.67. The molecule has 1 aliphatic heterocycles. The van der Waals surface area contributed by atoms with Crippen LogP contribution in [0.15, 0.2) is 18.2 Å². The summed E-state index contributed by atoms with van der Waals surface area (Å²) in [6.45, 7) is 3.79. The number of benzene rings is 1. The van der Waals surface area contributed by atoms with Crippen LogP contribution < -0.4 is 0 Å². The molecule has 0 spiro atoms. The predicted octanol–water partition coefficient (Wildman–Crippen LogP) is 3.29. The maximum Gasteiger partial charge on any atom is 0.114 e. The number of halogens is 1. The van der Waals surface area contributed by atoms with Crippen LogP contribution in [0.2, 0.25) is 0 Å². The average molecular weight is 247 g/mol. The second kappa shape index (κ2) is 5.00. The van der Waals surface area contributed by atoms with Gasteiger partial charge in [0.25, 0.3) is 0 Å². The van der Waals surface area contributed by atoms with E-state index < -0.39 is 6.17 Å². The highest BCUT2D eigenvalue weighted by Crippen LogP contribution is 2.27. The molecule has 1 fully saturated rings. The van der Waals surface area contributed by atoms with Crippen molar-refractivity contribution in [3.63, 3.8) is 0 Å². The highest BCUT2D eigenvalue weighted by atomic mass is 19.1. The molecule has 0 amide bonds. The fraction of sp³-hybridized carbons (Fsp3) is 0.625. The van der Waals surface area contributed by atoms with Gasteiger partial charge in [0.1, 0.15) is 6.17 Å². The lowest BCUT2D eigenvalue weighted by molar-refractivity contribution is 0.204. The summed E-state index contributed by atoms with van der Waals surface area (Å²) in [5, 5.41) is 0. The Labute approximate surface area is 109 Å². The normalized spacial score (nSPS) is 29.0. The summed E-state index contributed by atoms with van der Waals surface area (Å²) in [6.07, 6.45) is 4.87. The van der Waals surface area contributed by atoms with Gasteiger partial charge in [0, 0.05) is 19.1 Å². The Balaban J connectivity index is 1.71. The van der Waals surface area contributed by atoms with Crippen molar-refractivity contribution in [2.45, 2.75) is 51.2 Å². The zero-order valence-corrected chi connectivity index (χ0v) is 11.2. The second-order valence-electron chi connectivity index (χ2n) is 5.88. The van der Waals surface area contributed by atoms with E-state index in [9.17, 15) is 4.39 Å². The van der Waals surface area contributed by atoms with Gasteiger partial charge in [0.15, 0.2) is 0 Å². The van der Waals surface area contributed by atoms with E-state index >= 15 is 0 Å². The Bertz CT molecular complexity index is 429. The van der Waals surface area contributed by atoms with Gasteiger partial charge in [0.05, 0.1) is 0 Å². The molecule has 98 valence electrons. The molecule has 1 unspecified atom stereocenters. The SMILES string of the molecule is Cc1ccc2c(c1)CCC(N1CC[C@H](F)C1)CC2. The van der Waals surface area contributed by atoms with Gasteiger partial charge >= 0.3 is 0 Å². The Kier molecular flexibility index (Phi) is 3.38. The molecule has 1 aromatic rings. The first-order valence-corrected chi connectivity index (χ1v) is 7.19. The number of aryl methyl sites for hydroxylation is 3. The van der Waals surface area contributed by atoms with Gasteiger partial charge in [-0.2, -0.15) is 0 Å². The highest BCUT2D eigenvalue weighted by Gasteiger charge is 2.29. The zero-order chi connectivity index (χ0) is 12.5. The Morgan fingerprint density at radius 2 is 1.89 bits per heavy atom. The predicted molar refractivity (Wildman–Crippen MR) is 72.7 cm³/mol. The molecule has 1 heterocycles. The number of fused-ring (bicyclic) bond motifs is 1. The summed E-state index contributed by atoms with van der Waals surface area (Å²) in [5.41, 5.74) is 4.39. The molecule has 0 bridgehead atoms. The molecule has 1 saturated heterocycles. The monoisotopic (exact) mass is 247 g/mol. The first-order chi connectivity index (χ1) is 8.72. The van der Waals surface area contributed by atoms with E-state index in [0.29, 0.717) is 12.6 Å². The summed E-state index contributed by atoms with van der Waals surface area (Å²) in [7, 11) is 0. The van der Waals surface area contributed by atoms with Gasteiger partial charge in [-0.1, -0.05) is 23.8 Å².